The zero-order valence-electron chi connectivity index (χ0n) is 15.5. The fraction of sp³-hybridized carbons (Fsp3) is 0.500. The number of thiophene rings is 1. The van der Waals surface area contributed by atoms with E-state index in [0.29, 0.717) is 19.7 Å². The zero-order valence-corrected chi connectivity index (χ0v) is 17.1. The van der Waals surface area contributed by atoms with Crippen LogP contribution in [0.1, 0.15) is 40.6 Å². The molecule has 1 saturated heterocycles. The lowest BCUT2D eigenvalue weighted by molar-refractivity contribution is -0.149. The largest absolute Gasteiger partial charge is 0.466 e. The van der Waals surface area contributed by atoms with Crippen molar-refractivity contribution in [3.8, 4) is 5.00 Å². The Kier molecular flexibility index (Phi) is 5.59. The molecule has 0 aliphatic carbocycles. The summed E-state index contributed by atoms with van der Waals surface area (Å²) in [5.41, 5.74) is 2.06. The normalized spacial score (nSPS) is 19.6. The van der Waals surface area contributed by atoms with Crippen molar-refractivity contribution in [2.75, 3.05) is 25.4 Å². The molecule has 4 rings (SSSR count). The van der Waals surface area contributed by atoms with Crippen LogP contribution in [0.15, 0.2) is 24.5 Å². The van der Waals surface area contributed by atoms with E-state index in [1.54, 1.807) is 11.3 Å². The van der Waals surface area contributed by atoms with Crippen LogP contribution < -0.4 is 0 Å². The number of piperidine rings is 1. The minimum atomic E-state index is -0.206. The number of hydrogen-bond acceptors (Lipinski definition) is 5. The third kappa shape index (κ3) is 3.67. The topological polar surface area (TPSA) is 51.5 Å². The molecule has 0 N–H and O–H groups in total. The highest BCUT2D eigenvalue weighted by molar-refractivity contribution is 7.98. The molecule has 0 saturated carbocycles. The number of esters is 1. The smallest absolute Gasteiger partial charge is 0.310 e. The van der Waals surface area contributed by atoms with Crippen LogP contribution in [0.5, 0.6) is 0 Å². The van der Waals surface area contributed by atoms with Crippen LogP contribution in [0.3, 0.4) is 0 Å². The van der Waals surface area contributed by atoms with Crippen molar-refractivity contribution in [2.45, 2.75) is 31.9 Å². The number of nitrogens with zero attached hydrogens (tertiary/aromatic N) is 2. The van der Waals surface area contributed by atoms with Gasteiger partial charge in [-0.05, 0) is 49.6 Å². The van der Waals surface area contributed by atoms with Crippen molar-refractivity contribution in [1.82, 2.24) is 9.47 Å². The molecule has 1 fully saturated rings. The number of amides is 1. The molecule has 5 nitrogen and oxygen atoms in total. The molecule has 0 radical (unpaired) electrons. The van der Waals surface area contributed by atoms with Crippen molar-refractivity contribution in [3.05, 3.63) is 40.5 Å². The number of thioether (sulfide) groups is 1. The van der Waals surface area contributed by atoms with E-state index < -0.39 is 0 Å². The third-order valence-electron chi connectivity index (χ3n) is 5.18. The Morgan fingerprint density at radius 1 is 1.30 bits per heavy atom. The summed E-state index contributed by atoms with van der Waals surface area (Å²) >= 11 is 3.66. The van der Waals surface area contributed by atoms with Crippen LogP contribution in [-0.4, -0.2) is 46.8 Å². The first kappa shape index (κ1) is 18.6. The van der Waals surface area contributed by atoms with Gasteiger partial charge in [0.15, 0.2) is 0 Å². The molecule has 4 heterocycles. The summed E-state index contributed by atoms with van der Waals surface area (Å²) in [6, 6.07) is 3.97. The SMILES string of the molecule is CCOC(=O)[C@@H]1CCCN(C(=O)c2c(-n3cccc3)sc3c2CCSC3)C1. The van der Waals surface area contributed by atoms with Gasteiger partial charge >= 0.3 is 5.97 Å². The van der Waals surface area contributed by atoms with E-state index >= 15 is 0 Å². The first-order chi connectivity index (χ1) is 13.2. The maximum absolute atomic E-state index is 13.5. The summed E-state index contributed by atoms with van der Waals surface area (Å²) in [5.74, 6) is 1.72. The second-order valence-corrected chi connectivity index (χ2v) is 9.11. The molecular formula is C20H24N2O3S2. The minimum Gasteiger partial charge on any atom is -0.466 e. The highest BCUT2D eigenvalue weighted by Crippen LogP contribution is 2.39. The Labute approximate surface area is 167 Å². The van der Waals surface area contributed by atoms with E-state index in [2.05, 4.69) is 0 Å². The van der Waals surface area contributed by atoms with Crippen molar-refractivity contribution in [3.63, 3.8) is 0 Å². The number of hydrogen-bond donors (Lipinski definition) is 0. The Balaban J connectivity index is 1.65. The van der Waals surface area contributed by atoms with Crippen molar-refractivity contribution >= 4 is 35.0 Å². The average molecular weight is 405 g/mol. The average Bonchev–Trinajstić information content (AvgIpc) is 3.35. The number of carbonyl (C=O) groups is 2. The molecule has 2 aromatic heterocycles. The number of aromatic nitrogens is 1. The quantitative estimate of drug-likeness (QED) is 0.729. The van der Waals surface area contributed by atoms with E-state index in [0.717, 1.165) is 41.3 Å². The van der Waals surface area contributed by atoms with Crippen molar-refractivity contribution in [1.29, 1.82) is 0 Å². The summed E-state index contributed by atoms with van der Waals surface area (Å²) in [7, 11) is 0. The summed E-state index contributed by atoms with van der Waals surface area (Å²) in [6.45, 7) is 3.38. The third-order valence-corrected chi connectivity index (χ3v) is 7.60. The summed E-state index contributed by atoms with van der Waals surface area (Å²) in [5, 5.41) is 1.01. The molecule has 7 heteroatoms. The van der Waals surface area contributed by atoms with Gasteiger partial charge in [0.05, 0.1) is 18.1 Å². The minimum absolute atomic E-state index is 0.0668. The molecule has 1 amide bonds. The number of fused-ring (bicyclic) bond motifs is 1. The first-order valence-electron chi connectivity index (χ1n) is 9.50. The Morgan fingerprint density at radius 2 is 2.11 bits per heavy atom. The molecule has 0 aromatic carbocycles. The van der Waals surface area contributed by atoms with E-state index in [9.17, 15) is 9.59 Å². The van der Waals surface area contributed by atoms with Crippen LogP contribution in [0.2, 0.25) is 0 Å². The van der Waals surface area contributed by atoms with Gasteiger partial charge in [-0.3, -0.25) is 9.59 Å². The molecule has 27 heavy (non-hydrogen) atoms. The van der Waals surface area contributed by atoms with Crippen LogP contribution in [0, 0.1) is 5.92 Å². The number of likely N-dealkylation sites (tertiary alicyclic amines) is 1. The summed E-state index contributed by atoms with van der Waals surface area (Å²) in [4.78, 5) is 28.9. The van der Waals surface area contributed by atoms with Crippen LogP contribution >= 0.6 is 23.1 Å². The fourth-order valence-corrected chi connectivity index (χ4v) is 6.30. The second kappa shape index (κ2) is 8.10. The molecule has 0 bridgehead atoms. The van der Waals surface area contributed by atoms with Gasteiger partial charge in [-0.2, -0.15) is 11.8 Å². The Morgan fingerprint density at radius 3 is 2.89 bits per heavy atom. The molecule has 2 aliphatic heterocycles. The lowest BCUT2D eigenvalue weighted by Crippen LogP contribution is -2.43. The monoisotopic (exact) mass is 404 g/mol. The van der Waals surface area contributed by atoms with E-state index in [1.807, 2.05) is 52.7 Å². The Bertz CT molecular complexity index is 829. The first-order valence-corrected chi connectivity index (χ1v) is 11.5. The molecule has 1 atom stereocenters. The number of ether oxygens (including phenoxy) is 1. The maximum Gasteiger partial charge on any atom is 0.310 e. The van der Waals surface area contributed by atoms with Gasteiger partial charge in [0.2, 0.25) is 0 Å². The van der Waals surface area contributed by atoms with Gasteiger partial charge < -0.3 is 14.2 Å². The van der Waals surface area contributed by atoms with E-state index in [-0.39, 0.29) is 17.8 Å². The highest BCUT2D eigenvalue weighted by atomic mass is 32.2. The van der Waals surface area contributed by atoms with Crippen molar-refractivity contribution < 1.29 is 14.3 Å². The van der Waals surface area contributed by atoms with E-state index in [4.69, 9.17) is 4.74 Å². The van der Waals surface area contributed by atoms with Gasteiger partial charge in [0, 0.05) is 36.1 Å². The molecule has 0 spiro atoms. The molecule has 144 valence electrons. The zero-order chi connectivity index (χ0) is 18.8. The molecule has 0 unspecified atom stereocenters. The van der Waals surface area contributed by atoms with Crippen LogP contribution in [0.4, 0.5) is 0 Å². The van der Waals surface area contributed by atoms with Gasteiger partial charge in [0.1, 0.15) is 5.00 Å². The predicted octanol–water partition coefficient (Wildman–Crippen LogP) is 3.74. The highest BCUT2D eigenvalue weighted by Gasteiger charge is 2.34. The van der Waals surface area contributed by atoms with Gasteiger partial charge in [-0.1, -0.05) is 0 Å². The maximum atomic E-state index is 13.5. The number of rotatable bonds is 4. The lowest BCUT2D eigenvalue weighted by atomic mass is 9.97. The lowest BCUT2D eigenvalue weighted by Gasteiger charge is -2.32. The summed E-state index contributed by atoms with van der Waals surface area (Å²) in [6.07, 6.45) is 6.58. The van der Waals surface area contributed by atoms with Crippen LogP contribution in [0.25, 0.3) is 5.00 Å². The van der Waals surface area contributed by atoms with E-state index in [1.165, 1.54) is 10.4 Å². The summed E-state index contributed by atoms with van der Waals surface area (Å²) < 4.78 is 7.24. The predicted molar refractivity (Wildman–Crippen MR) is 109 cm³/mol. The van der Waals surface area contributed by atoms with Gasteiger partial charge in [-0.25, -0.2) is 0 Å². The molecule has 2 aliphatic rings. The number of carbonyl (C=O) groups excluding carboxylic acids is 2. The van der Waals surface area contributed by atoms with Crippen molar-refractivity contribution in [2.24, 2.45) is 5.92 Å². The Hall–Kier alpha value is -1.73. The van der Waals surface area contributed by atoms with Crippen LogP contribution in [-0.2, 0) is 21.7 Å². The van der Waals surface area contributed by atoms with Gasteiger partial charge in [0.25, 0.3) is 5.91 Å². The molecular weight excluding hydrogens is 380 g/mol. The second-order valence-electron chi connectivity index (χ2n) is 6.92. The van der Waals surface area contributed by atoms with Gasteiger partial charge in [-0.15, -0.1) is 11.3 Å². The standard InChI is InChI=1S/C20H24N2O3S2/c1-2-25-20(24)14-6-5-10-22(12-14)18(23)17-15-7-11-26-13-16(15)27-19(17)21-8-3-4-9-21/h3-4,8-9,14H,2,5-7,10-13H2,1H3/t14-/m1/s1. The molecule has 2 aromatic rings. The fourth-order valence-electron chi connectivity index (χ4n) is 3.86.